The van der Waals surface area contributed by atoms with Crippen LogP contribution in [0.3, 0.4) is 0 Å². The van der Waals surface area contributed by atoms with Crippen LogP contribution in [0, 0.1) is 15.9 Å². The molecule has 0 radical (unpaired) electrons. The maximum Gasteiger partial charge on any atom is 0.324 e. The summed E-state index contributed by atoms with van der Waals surface area (Å²) in [6.45, 7) is 5.00. The van der Waals surface area contributed by atoms with Crippen LogP contribution in [0.2, 0.25) is 0 Å². The van der Waals surface area contributed by atoms with E-state index < -0.39 is 31.3 Å². The number of rotatable bonds is 5. The Morgan fingerprint density at radius 1 is 1.56 bits per heavy atom. The number of nitrogens with one attached hydrogen (secondary N) is 1. The molecule has 0 atom stereocenters. The van der Waals surface area contributed by atoms with Gasteiger partial charge in [0.1, 0.15) is 0 Å². The second-order valence-electron chi connectivity index (χ2n) is 3.63. The normalized spacial score (nSPS) is 11.2. The van der Waals surface area contributed by atoms with E-state index in [1.54, 1.807) is 6.92 Å². The van der Waals surface area contributed by atoms with Crippen LogP contribution in [-0.2, 0) is 10.0 Å². The lowest BCUT2D eigenvalue weighted by atomic mass is 10.3. The van der Waals surface area contributed by atoms with Gasteiger partial charge >= 0.3 is 5.69 Å². The molecule has 0 fully saturated rings. The maximum atomic E-state index is 13.3. The van der Waals surface area contributed by atoms with E-state index in [2.05, 4.69) is 11.3 Å². The van der Waals surface area contributed by atoms with Crippen LogP contribution < -0.4 is 4.72 Å². The number of para-hydroxylation sites is 1. The summed E-state index contributed by atoms with van der Waals surface area (Å²) in [6.07, 6.45) is 0. The van der Waals surface area contributed by atoms with Gasteiger partial charge in [0.25, 0.3) is 0 Å². The lowest BCUT2D eigenvalue weighted by Crippen LogP contribution is -2.26. The molecule has 98 valence electrons. The first-order chi connectivity index (χ1) is 8.25. The minimum atomic E-state index is -4.15. The molecule has 1 N–H and O–H groups in total. The zero-order valence-electron chi connectivity index (χ0n) is 9.51. The molecule has 6 nitrogen and oxygen atoms in total. The van der Waals surface area contributed by atoms with Crippen LogP contribution >= 0.6 is 0 Å². The standard InChI is InChI=1S/C10H11FN2O4S/c1-7(2)6-12-18(16,17)9-5-3-4-8(11)10(9)13(14)15/h3-5,12H,1,6H2,2H3. The zero-order chi connectivity index (χ0) is 13.9. The fraction of sp³-hybridized carbons (Fsp3) is 0.200. The van der Waals surface area contributed by atoms with Crippen molar-refractivity contribution in [3.05, 3.63) is 46.3 Å². The zero-order valence-corrected chi connectivity index (χ0v) is 10.3. The highest BCUT2D eigenvalue weighted by Gasteiger charge is 2.28. The van der Waals surface area contributed by atoms with Gasteiger partial charge in [-0.05, 0) is 19.1 Å². The van der Waals surface area contributed by atoms with Crippen LogP contribution in [-0.4, -0.2) is 19.9 Å². The van der Waals surface area contributed by atoms with Crippen LogP contribution in [0.15, 0.2) is 35.2 Å². The van der Waals surface area contributed by atoms with Gasteiger partial charge in [0.05, 0.1) is 4.92 Å². The second-order valence-corrected chi connectivity index (χ2v) is 5.36. The molecule has 0 amide bonds. The maximum absolute atomic E-state index is 13.3. The van der Waals surface area contributed by atoms with Gasteiger partial charge in [-0.3, -0.25) is 10.1 Å². The number of halogens is 1. The molecule has 0 aliphatic carbocycles. The smallest absolute Gasteiger partial charge is 0.258 e. The van der Waals surface area contributed by atoms with Crippen molar-refractivity contribution in [2.75, 3.05) is 6.54 Å². The van der Waals surface area contributed by atoms with Gasteiger partial charge < -0.3 is 0 Å². The van der Waals surface area contributed by atoms with Crippen molar-refractivity contribution < 1.29 is 17.7 Å². The second kappa shape index (κ2) is 5.23. The van der Waals surface area contributed by atoms with Gasteiger partial charge in [0.2, 0.25) is 15.8 Å². The Morgan fingerprint density at radius 2 is 2.17 bits per heavy atom. The Morgan fingerprint density at radius 3 is 2.67 bits per heavy atom. The Hall–Kier alpha value is -1.80. The summed E-state index contributed by atoms with van der Waals surface area (Å²) >= 11 is 0. The van der Waals surface area contributed by atoms with E-state index in [-0.39, 0.29) is 6.54 Å². The molecule has 0 aliphatic rings. The summed E-state index contributed by atoms with van der Waals surface area (Å²) in [5, 5.41) is 10.7. The Labute approximate surface area is 103 Å². The molecular weight excluding hydrogens is 263 g/mol. The molecule has 0 aliphatic heterocycles. The number of hydrogen-bond acceptors (Lipinski definition) is 4. The fourth-order valence-electron chi connectivity index (χ4n) is 1.19. The minimum absolute atomic E-state index is 0.0734. The van der Waals surface area contributed by atoms with Crippen LogP contribution in [0.4, 0.5) is 10.1 Å². The first-order valence-electron chi connectivity index (χ1n) is 4.82. The van der Waals surface area contributed by atoms with Gasteiger partial charge in [-0.1, -0.05) is 18.2 Å². The van der Waals surface area contributed by atoms with Gasteiger partial charge in [-0.2, -0.15) is 4.39 Å². The SMILES string of the molecule is C=C(C)CNS(=O)(=O)c1cccc(F)c1[N+](=O)[O-]. The average molecular weight is 274 g/mol. The number of benzene rings is 1. The first kappa shape index (κ1) is 14.3. The number of sulfonamides is 1. The average Bonchev–Trinajstić information content (AvgIpc) is 2.25. The topological polar surface area (TPSA) is 89.3 Å². The van der Waals surface area contributed by atoms with Crippen molar-refractivity contribution in [2.24, 2.45) is 0 Å². The minimum Gasteiger partial charge on any atom is -0.258 e. The van der Waals surface area contributed by atoms with E-state index in [4.69, 9.17) is 0 Å². The van der Waals surface area contributed by atoms with E-state index in [1.165, 1.54) is 0 Å². The predicted molar refractivity (Wildman–Crippen MR) is 63.1 cm³/mol. The summed E-state index contributed by atoms with van der Waals surface area (Å²) in [4.78, 5) is 8.92. The van der Waals surface area contributed by atoms with E-state index in [9.17, 15) is 22.9 Å². The predicted octanol–water partition coefficient (Wildman–Crippen LogP) is 1.59. The molecule has 1 aromatic carbocycles. The molecule has 18 heavy (non-hydrogen) atoms. The first-order valence-corrected chi connectivity index (χ1v) is 6.31. The van der Waals surface area contributed by atoms with Crippen LogP contribution in [0.25, 0.3) is 0 Å². The molecule has 0 saturated heterocycles. The van der Waals surface area contributed by atoms with Crippen molar-refractivity contribution in [2.45, 2.75) is 11.8 Å². The Balaban J connectivity index is 3.28. The van der Waals surface area contributed by atoms with Gasteiger partial charge in [0.15, 0.2) is 4.90 Å². The summed E-state index contributed by atoms with van der Waals surface area (Å²) < 4.78 is 39.0. The monoisotopic (exact) mass is 274 g/mol. The van der Waals surface area contributed by atoms with Crippen LogP contribution in [0.1, 0.15) is 6.92 Å². The number of hydrogen-bond donors (Lipinski definition) is 1. The lowest BCUT2D eigenvalue weighted by Gasteiger charge is -2.07. The molecule has 0 bridgehead atoms. The molecule has 0 unspecified atom stereocenters. The summed E-state index contributed by atoms with van der Waals surface area (Å²) in [5.41, 5.74) is -0.538. The van der Waals surface area contributed by atoms with Crippen molar-refractivity contribution in [3.63, 3.8) is 0 Å². The van der Waals surface area contributed by atoms with Crippen molar-refractivity contribution in [1.29, 1.82) is 0 Å². The number of nitrogens with zero attached hydrogens (tertiary/aromatic N) is 1. The number of nitro groups is 1. The van der Waals surface area contributed by atoms with Crippen molar-refractivity contribution >= 4 is 15.7 Å². The van der Waals surface area contributed by atoms with Gasteiger partial charge in [0, 0.05) is 6.54 Å². The van der Waals surface area contributed by atoms with Crippen molar-refractivity contribution in [1.82, 2.24) is 4.72 Å². The third kappa shape index (κ3) is 3.11. The highest BCUT2D eigenvalue weighted by atomic mass is 32.2. The third-order valence-electron chi connectivity index (χ3n) is 1.99. The molecule has 8 heteroatoms. The quantitative estimate of drug-likeness (QED) is 0.501. The largest absolute Gasteiger partial charge is 0.324 e. The molecule has 0 saturated carbocycles. The van der Waals surface area contributed by atoms with E-state index >= 15 is 0 Å². The molecule has 1 rings (SSSR count). The molecule has 0 spiro atoms. The number of nitro benzene ring substituents is 1. The molecular formula is C10H11FN2O4S. The fourth-order valence-corrected chi connectivity index (χ4v) is 2.46. The molecule has 0 aromatic heterocycles. The summed E-state index contributed by atoms with van der Waals surface area (Å²) in [7, 11) is -4.15. The molecule has 0 heterocycles. The Kier molecular flexibility index (Phi) is 4.15. The van der Waals surface area contributed by atoms with Crippen LogP contribution in [0.5, 0.6) is 0 Å². The lowest BCUT2D eigenvalue weighted by molar-refractivity contribution is -0.390. The highest BCUT2D eigenvalue weighted by Crippen LogP contribution is 2.26. The highest BCUT2D eigenvalue weighted by molar-refractivity contribution is 7.89. The van der Waals surface area contributed by atoms with Gasteiger partial charge in [-0.25, -0.2) is 13.1 Å². The van der Waals surface area contributed by atoms with E-state index in [0.29, 0.717) is 5.57 Å². The van der Waals surface area contributed by atoms with Gasteiger partial charge in [-0.15, -0.1) is 0 Å². The van der Waals surface area contributed by atoms with E-state index in [0.717, 1.165) is 18.2 Å². The third-order valence-corrected chi connectivity index (χ3v) is 3.42. The summed E-state index contributed by atoms with van der Waals surface area (Å²) in [5.74, 6) is -1.20. The summed E-state index contributed by atoms with van der Waals surface area (Å²) in [6, 6.07) is 2.90. The molecule has 1 aromatic rings. The van der Waals surface area contributed by atoms with E-state index in [1.807, 2.05) is 0 Å². The van der Waals surface area contributed by atoms with Crippen molar-refractivity contribution in [3.8, 4) is 0 Å². The Bertz CT molecular complexity index is 598.